The number of nitrogens with zero attached hydrogens (tertiary/aromatic N) is 2. The maximum absolute atomic E-state index is 13.2. The van der Waals surface area contributed by atoms with Crippen LogP contribution in [0.2, 0.25) is 0 Å². The number of hydrogen-bond acceptors (Lipinski definition) is 2. The summed E-state index contributed by atoms with van der Waals surface area (Å²) in [7, 11) is 0. The van der Waals surface area contributed by atoms with Crippen molar-refractivity contribution in [2.45, 2.75) is 64.8 Å². The largest absolute Gasteiger partial charge is 0.369 e. The molecule has 0 radical (unpaired) electrons. The van der Waals surface area contributed by atoms with Gasteiger partial charge in [-0.15, -0.1) is 0 Å². The van der Waals surface area contributed by atoms with Crippen LogP contribution in [-0.4, -0.2) is 9.55 Å². The minimum absolute atomic E-state index is 0.265. The fourth-order valence-electron chi connectivity index (χ4n) is 2.76. The number of nitrogen functional groups attached to an aromatic ring is 1. The number of aryl methyl sites for hydroxylation is 1. The van der Waals surface area contributed by atoms with E-state index in [0.29, 0.717) is 11.5 Å². The molecule has 0 spiro atoms. The highest BCUT2D eigenvalue weighted by molar-refractivity contribution is 5.78. The first-order valence-electron chi connectivity index (χ1n) is 8.13. The monoisotopic (exact) mass is 291 g/mol. The van der Waals surface area contributed by atoms with Gasteiger partial charge in [0.05, 0.1) is 11.0 Å². The van der Waals surface area contributed by atoms with E-state index in [2.05, 4.69) is 11.9 Å². The number of unbranched alkanes of at least 4 members (excludes halogenated alkanes) is 7. The molecule has 0 aliphatic carbocycles. The normalized spacial score (nSPS) is 11.3. The summed E-state index contributed by atoms with van der Waals surface area (Å²) in [5, 5.41) is 0. The lowest BCUT2D eigenvalue weighted by Gasteiger charge is -2.06. The zero-order chi connectivity index (χ0) is 15.1. The number of halogens is 1. The summed E-state index contributed by atoms with van der Waals surface area (Å²) in [5.74, 6) is 0.220. The van der Waals surface area contributed by atoms with Crippen molar-refractivity contribution in [1.82, 2.24) is 9.55 Å². The van der Waals surface area contributed by atoms with Gasteiger partial charge < -0.3 is 10.3 Å². The van der Waals surface area contributed by atoms with Crippen LogP contribution in [0, 0.1) is 5.82 Å². The van der Waals surface area contributed by atoms with Crippen LogP contribution in [0.4, 0.5) is 10.3 Å². The molecule has 21 heavy (non-hydrogen) atoms. The SMILES string of the molecule is CCCCCCCCCCn1c(N)nc2cc(F)ccc21. The number of nitrogens with two attached hydrogens (primary N) is 1. The van der Waals surface area contributed by atoms with Gasteiger partial charge in [0.25, 0.3) is 0 Å². The Morgan fingerprint density at radius 3 is 2.43 bits per heavy atom. The molecule has 116 valence electrons. The van der Waals surface area contributed by atoms with E-state index >= 15 is 0 Å². The third-order valence-electron chi connectivity index (χ3n) is 3.98. The lowest BCUT2D eigenvalue weighted by Crippen LogP contribution is -2.03. The van der Waals surface area contributed by atoms with E-state index < -0.39 is 0 Å². The second-order valence-corrected chi connectivity index (χ2v) is 5.73. The molecule has 0 fully saturated rings. The van der Waals surface area contributed by atoms with E-state index in [0.717, 1.165) is 18.5 Å². The fraction of sp³-hybridized carbons (Fsp3) is 0.588. The van der Waals surface area contributed by atoms with Gasteiger partial charge in [0.2, 0.25) is 5.95 Å². The molecule has 0 aliphatic rings. The van der Waals surface area contributed by atoms with Crippen molar-refractivity contribution in [3.8, 4) is 0 Å². The van der Waals surface area contributed by atoms with Crippen LogP contribution in [0.5, 0.6) is 0 Å². The molecule has 1 heterocycles. The lowest BCUT2D eigenvalue weighted by molar-refractivity contribution is 0.550. The summed E-state index contributed by atoms with van der Waals surface area (Å²) >= 11 is 0. The Labute approximate surface area is 126 Å². The summed E-state index contributed by atoms with van der Waals surface area (Å²) < 4.78 is 15.2. The minimum atomic E-state index is -0.265. The van der Waals surface area contributed by atoms with E-state index in [1.165, 1.54) is 57.1 Å². The summed E-state index contributed by atoms with van der Waals surface area (Å²) in [5.41, 5.74) is 7.50. The molecule has 0 saturated heterocycles. The first-order chi connectivity index (χ1) is 10.2. The maximum atomic E-state index is 13.2. The van der Waals surface area contributed by atoms with Crippen LogP contribution in [-0.2, 0) is 6.54 Å². The fourth-order valence-corrected chi connectivity index (χ4v) is 2.76. The van der Waals surface area contributed by atoms with E-state index in [4.69, 9.17) is 5.73 Å². The smallest absolute Gasteiger partial charge is 0.201 e. The van der Waals surface area contributed by atoms with Crippen LogP contribution in [0.3, 0.4) is 0 Å². The molecular formula is C17H26FN3. The van der Waals surface area contributed by atoms with Crippen molar-refractivity contribution < 1.29 is 4.39 Å². The van der Waals surface area contributed by atoms with Crippen LogP contribution in [0.15, 0.2) is 18.2 Å². The molecule has 3 nitrogen and oxygen atoms in total. The van der Waals surface area contributed by atoms with Gasteiger partial charge in [-0.2, -0.15) is 0 Å². The minimum Gasteiger partial charge on any atom is -0.369 e. The van der Waals surface area contributed by atoms with Crippen LogP contribution < -0.4 is 5.73 Å². The first-order valence-corrected chi connectivity index (χ1v) is 8.13. The number of hydrogen-bond donors (Lipinski definition) is 1. The topological polar surface area (TPSA) is 43.8 Å². The molecule has 0 saturated carbocycles. The number of aromatic nitrogens is 2. The molecule has 4 heteroatoms. The van der Waals surface area contributed by atoms with Gasteiger partial charge in [0.15, 0.2) is 0 Å². The summed E-state index contributed by atoms with van der Waals surface area (Å²) in [4.78, 5) is 4.22. The molecule has 2 aromatic rings. The third kappa shape index (κ3) is 4.45. The van der Waals surface area contributed by atoms with Crippen LogP contribution in [0.25, 0.3) is 11.0 Å². The number of fused-ring (bicyclic) bond motifs is 1. The number of benzene rings is 1. The van der Waals surface area contributed by atoms with Crippen LogP contribution >= 0.6 is 0 Å². The van der Waals surface area contributed by atoms with E-state index in [1.807, 2.05) is 4.57 Å². The quantitative estimate of drug-likeness (QED) is 0.668. The van der Waals surface area contributed by atoms with Crippen molar-refractivity contribution in [1.29, 1.82) is 0 Å². The number of imidazole rings is 1. The summed E-state index contributed by atoms with van der Waals surface area (Å²) in [6.07, 6.45) is 10.3. The molecule has 0 aliphatic heterocycles. The highest BCUT2D eigenvalue weighted by Gasteiger charge is 2.08. The van der Waals surface area contributed by atoms with Gasteiger partial charge in [-0.05, 0) is 18.6 Å². The van der Waals surface area contributed by atoms with Gasteiger partial charge in [0.1, 0.15) is 5.82 Å². The Bertz CT molecular complexity index is 562. The van der Waals surface area contributed by atoms with Crippen LogP contribution in [0.1, 0.15) is 58.3 Å². The second-order valence-electron chi connectivity index (χ2n) is 5.73. The average molecular weight is 291 g/mol. The maximum Gasteiger partial charge on any atom is 0.201 e. The second kappa shape index (κ2) is 8.01. The molecule has 1 aromatic heterocycles. The van der Waals surface area contributed by atoms with Gasteiger partial charge in [-0.3, -0.25) is 0 Å². The highest BCUT2D eigenvalue weighted by Crippen LogP contribution is 2.20. The van der Waals surface area contributed by atoms with E-state index in [-0.39, 0.29) is 5.82 Å². The highest BCUT2D eigenvalue weighted by atomic mass is 19.1. The van der Waals surface area contributed by atoms with Gasteiger partial charge >= 0.3 is 0 Å². The summed E-state index contributed by atoms with van der Waals surface area (Å²) in [6.45, 7) is 3.11. The first kappa shape index (κ1) is 15.8. The zero-order valence-corrected chi connectivity index (χ0v) is 12.9. The van der Waals surface area contributed by atoms with E-state index in [9.17, 15) is 4.39 Å². The zero-order valence-electron chi connectivity index (χ0n) is 12.9. The predicted molar refractivity (Wildman–Crippen MR) is 86.7 cm³/mol. The van der Waals surface area contributed by atoms with E-state index in [1.54, 1.807) is 6.07 Å². The molecule has 0 unspecified atom stereocenters. The van der Waals surface area contributed by atoms with Crippen molar-refractivity contribution >= 4 is 17.0 Å². The van der Waals surface area contributed by atoms with Gasteiger partial charge in [-0.1, -0.05) is 51.9 Å². The Hall–Kier alpha value is -1.58. The molecule has 1 aromatic carbocycles. The number of rotatable bonds is 9. The van der Waals surface area contributed by atoms with Crippen molar-refractivity contribution in [3.05, 3.63) is 24.0 Å². The molecule has 2 rings (SSSR count). The third-order valence-corrected chi connectivity index (χ3v) is 3.98. The van der Waals surface area contributed by atoms with Crippen molar-refractivity contribution in [2.24, 2.45) is 0 Å². The van der Waals surface area contributed by atoms with Crippen molar-refractivity contribution in [3.63, 3.8) is 0 Å². The molecule has 0 bridgehead atoms. The average Bonchev–Trinajstić information content (AvgIpc) is 2.76. The molecule has 0 amide bonds. The lowest BCUT2D eigenvalue weighted by atomic mass is 10.1. The molecular weight excluding hydrogens is 265 g/mol. The van der Waals surface area contributed by atoms with Crippen molar-refractivity contribution in [2.75, 3.05) is 5.73 Å². The van der Waals surface area contributed by atoms with Gasteiger partial charge in [-0.25, -0.2) is 9.37 Å². The Morgan fingerprint density at radius 1 is 1.05 bits per heavy atom. The van der Waals surface area contributed by atoms with Gasteiger partial charge in [0, 0.05) is 12.6 Å². The Balaban J connectivity index is 1.77. The predicted octanol–water partition coefficient (Wildman–Crippen LogP) is 4.90. The Kier molecular flexibility index (Phi) is 6.03. The molecule has 0 atom stereocenters. The molecule has 2 N–H and O–H groups in total. The summed E-state index contributed by atoms with van der Waals surface area (Å²) in [6, 6.07) is 4.67. The number of anilines is 1. The Morgan fingerprint density at radius 2 is 1.71 bits per heavy atom. The standard InChI is InChI=1S/C17H26FN3/c1-2-3-4-5-6-7-8-9-12-21-16-11-10-14(18)13-15(16)20-17(21)19/h10-11,13H,2-9,12H2,1H3,(H2,19,20).